The second kappa shape index (κ2) is 10.1. The second-order valence-electron chi connectivity index (χ2n) is 9.73. The Morgan fingerprint density at radius 2 is 0.667 bits per heavy atom. The normalized spacial score (nSPS) is 12.1. The maximum Gasteiger partial charge on any atom is -0.0878 e. The Bertz CT molecular complexity index is 269. The predicted molar refractivity (Wildman–Crippen MR) is 94.0 cm³/mol. The molecule has 0 N–H and O–H groups in total. The molecular weight excluding hydrogens is 340 g/mol. The van der Waals surface area contributed by atoms with Gasteiger partial charge in [0, 0.05) is 0 Å². The average molecular weight is 380 g/mol. The first kappa shape index (κ1) is 26.2. The van der Waals surface area contributed by atoms with Crippen LogP contribution in [-0.2, 0) is 18.2 Å². The van der Waals surface area contributed by atoms with Crippen LogP contribution in [0, 0.1) is 24.7 Å². The molecule has 0 aromatic carbocycles. The molecule has 0 aromatic rings. The van der Waals surface area contributed by atoms with Gasteiger partial charge in [-0.15, -0.1) is 0 Å². The van der Waals surface area contributed by atoms with Crippen molar-refractivity contribution in [3.63, 3.8) is 0 Å². The SMILES string of the molecule is CC(C)(C)[N]=[Mo+2]=[N]C(C)(C)C.[CH2-]C(C)(C)C.[CH2-]C(C)(C)C. The topological polar surface area (TPSA) is 24.7 Å². The summed E-state index contributed by atoms with van der Waals surface area (Å²) < 4.78 is 9.01. The van der Waals surface area contributed by atoms with Crippen LogP contribution in [0.5, 0.6) is 0 Å². The van der Waals surface area contributed by atoms with E-state index in [0.717, 1.165) is 0 Å². The summed E-state index contributed by atoms with van der Waals surface area (Å²) in [6, 6.07) is 0. The average Bonchev–Trinajstić information content (AvgIpc) is 1.89. The number of hydrogen-bond donors (Lipinski definition) is 0. The van der Waals surface area contributed by atoms with Crippen molar-refractivity contribution >= 4 is 0 Å². The number of rotatable bonds is 0. The molecule has 3 heteroatoms. The van der Waals surface area contributed by atoms with Crippen LogP contribution in [0.15, 0.2) is 6.99 Å². The molecule has 0 spiro atoms. The van der Waals surface area contributed by atoms with Gasteiger partial charge in [-0.25, -0.2) is 0 Å². The van der Waals surface area contributed by atoms with Crippen molar-refractivity contribution in [3.05, 3.63) is 13.8 Å². The Kier molecular flexibility index (Phi) is 12.6. The van der Waals surface area contributed by atoms with Gasteiger partial charge in [0.05, 0.1) is 0 Å². The van der Waals surface area contributed by atoms with Crippen LogP contribution >= 0.6 is 0 Å². The molecular formula is C18H40MoN2. The van der Waals surface area contributed by atoms with Gasteiger partial charge in [0.15, 0.2) is 0 Å². The van der Waals surface area contributed by atoms with Gasteiger partial charge in [-0.3, -0.25) is 0 Å². The molecule has 2 nitrogen and oxygen atoms in total. The Labute approximate surface area is 144 Å². The van der Waals surface area contributed by atoms with Crippen LogP contribution in [0.4, 0.5) is 0 Å². The molecule has 0 aliphatic carbocycles. The van der Waals surface area contributed by atoms with Gasteiger partial charge in [0.25, 0.3) is 0 Å². The molecule has 0 bridgehead atoms. The van der Waals surface area contributed by atoms with E-state index in [1.54, 1.807) is 0 Å². The van der Waals surface area contributed by atoms with Gasteiger partial charge in [-0.1, -0.05) is 41.5 Å². The van der Waals surface area contributed by atoms with E-state index in [4.69, 9.17) is 0 Å². The Morgan fingerprint density at radius 1 is 0.524 bits per heavy atom. The molecule has 0 saturated heterocycles. The maximum atomic E-state index is 4.51. The molecule has 21 heavy (non-hydrogen) atoms. The first-order valence-electron chi connectivity index (χ1n) is 7.52. The van der Waals surface area contributed by atoms with Crippen molar-refractivity contribution in [1.82, 2.24) is 0 Å². The zero-order chi connectivity index (χ0) is 18.1. The van der Waals surface area contributed by atoms with E-state index in [9.17, 15) is 0 Å². The molecule has 0 atom stereocenters. The minimum Gasteiger partial charge on any atom is -0.338 e. The van der Waals surface area contributed by atoms with E-state index in [1.807, 2.05) is 0 Å². The summed E-state index contributed by atoms with van der Waals surface area (Å²) in [6.45, 7) is 32.7. The molecule has 0 amide bonds. The first-order chi connectivity index (χ1) is 8.71. The third-order valence-corrected chi connectivity index (χ3v) is 3.72. The molecule has 0 unspecified atom stereocenters. The maximum absolute atomic E-state index is 4.51. The summed E-state index contributed by atoms with van der Waals surface area (Å²) in [5.41, 5.74) is 0.716. The monoisotopic (exact) mass is 382 g/mol. The van der Waals surface area contributed by atoms with Crippen LogP contribution in [0.25, 0.3) is 0 Å². The van der Waals surface area contributed by atoms with Crippen molar-refractivity contribution in [1.29, 1.82) is 0 Å². The smallest absolute Gasteiger partial charge is 0.0878 e. The van der Waals surface area contributed by atoms with Crippen LogP contribution in [-0.4, -0.2) is 11.1 Å². The van der Waals surface area contributed by atoms with Crippen molar-refractivity contribution in [3.8, 4) is 0 Å². The third kappa shape index (κ3) is 98.8. The molecule has 0 aliphatic heterocycles. The Morgan fingerprint density at radius 3 is 0.762 bits per heavy atom. The molecule has 0 aliphatic rings. The molecule has 0 radical (unpaired) electrons. The predicted octanol–water partition coefficient (Wildman–Crippen LogP) is 6.77. The molecule has 0 saturated carbocycles. The molecule has 0 aromatic heterocycles. The Hall–Kier alpha value is 0.288. The quantitative estimate of drug-likeness (QED) is 0.327. The summed E-state index contributed by atoms with van der Waals surface area (Å²) in [4.78, 5) is 0. The van der Waals surface area contributed by atoms with E-state index in [0.29, 0.717) is 0 Å². The van der Waals surface area contributed by atoms with Crippen LogP contribution in [0.2, 0.25) is 0 Å². The number of hydrogen-bond acceptors (Lipinski definition) is 2. The van der Waals surface area contributed by atoms with Crippen molar-refractivity contribution in [2.45, 2.75) is 94.2 Å². The van der Waals surface area contributed by atoms with E-state index >= 15 is 0 Å². The fourth-order valence-corrected chi connectivity index (χ4v) is 1.57. The van der Waals surface area contributed by atoms with Gasteiger partial charge >= 0.3 is 77.8 Å². The van der Waals surface area contributed by atoms with Crippen LogP contribution in [0.3, 0.4) is 0 Å². The summed E-state index contributed by atoms with van der Waals surface area (Å²) >= 11 is -0.473. The van der Waals surface area contributed by atoms with Gasteiger partial charge < -0.3 is 13.8 Å². The molecule has 0 heterocycles. The summed E-state index contributed by atoms with van der Waals surface area (Å²) in [5.74, 6) is 0. The largest absolute Gasteiger partial charge is 0.338 e. The van der Waals surface area contributed by atoms with Crippen molar-refractivity contribution < 1.29 is 18.2 Å². The van der Waals surface area contributed by atoms with Crippen LogP contribution < -0.4 is 0 Å². The van der Waals surface area contributed by atoms with E-state index in [1.165, 1.54) is 0 Å². The van der Waals surface area contributed by atoms with Crippen molar-refractivity contribution in [2.24, 2.45) is 17.8 Å². The Balaban J connectivity index is -0.000000270. The minimum absolute atomic E-state index is 0.108. The summed E-state index contributed by atoms with van der Waals surface area (Å²) in [6.07, 6.45) is 0. The van der Waals surface area contributed by atoms with Crippen molar-refractivity contribution in [2.75, 3.05) is 0 Å². The zero-order valence-electron chi connectivity index (χ0n) is 16.7. The standard InChI is InChI=1S/2C5H11.2C4H9N.Mo/c2*1-5(2,3)4;2*1-4(2,3)5;/h2*1H2,2-4H3;2*1-3H3;/q2*-1;;;+2. The van der Waals surface area contributed by atoms with Gasteiger partial charge in [-0.05, 0) is 0 Å². The second-order valence-corrected chi connectivity index (χ2v) is 11.0. The zero-order valence-corrected chi connectivity index (χ0v) is 18.7. The summed E-state index contributed by atoms with van der Waals surface area (Å²) in [7, 11) is 0. The summed E-state index contributed by atoms with van der Waals surface area (Å²) in [5, 5.41) is 0. The first-order valence-corrected chi connectivity index (χ1v) is 9.31. The fourth-order valence-electron chi connectivity index (χ4n) is 0.265. The molecule has 128 valence electrons. The van der Waals surface area contributed by atoms with Gasteiger partial charge in [0.2, 0.25) is 0 Å². The van der Waals surface area contributed by atoms with Gasteiger partial charge in [-0.2, -0.15) is 10.8 Å². The molecule has 0 fully saturated rings. The van der Waals surface area contributed by atoms with Gasteiger partial charge in [0.1, 0.15) is 0 Å². The van der Waals surface area contributed by atoms with E-state index < -0.39 is 18.2 Å². The minimum atomic E-state index is -0.473. The van der Waals surface area contributed by atoms with Crippen LogP contribution in [0.1, 0.15) is 83.1 Å². The molecule has 0 rings (SSSR count). The fraction of sp³-hybridized carbons (Fsp3) is 0.889. The van der Waals surface area contributed by atoms with E-state index in [-0.39, 0.29) is 21.9 Å². The number of nitrogens with zero attached hydrogens (tertiary/aromatic N) is 2. The third-order valence-electron chi connectivity index (χ3n) is 0.629. The van der Waals surface area contributed by atoms with E-state index in [2.05, 4.69) is 104 Å².